The summed E-state index contributed by atoms with van der Waals surface area (Å²) in [4.78, 5) is 13.5. The van der Waals surface area contributed by atoms with E-state index in [0.717, 1.165) is 16.5 Å². The lowest BCUT2D eigenvalue weighted by Gasteiger charge is -2.14. The first-order chi connectivity index (χ1) is 8.61. The zero-order chi connectivity index (χ0) is 13.1. The minimum Gasteiger partial charge on any atom is -0.465 e. The van der Waals surface area contributed by atoms with Crippen LogP contribution >= 0.6 is 11.6 Å². The lowest BCUT2D eigenvalue weighted by molar-refractivity contribution is 0.124. The van der Waals surface area contributed by atoms with Crippen molar-refractivity contribution in [1.29, 1.82) is 0 Å². The number of rotatable bonds is 4. The predicted octanol–water partition coefficient (Wildman–Crippen LogP) is 2.11. The molecule has 0 aliphatic rings. The predicted molar refractivity (Wildman–Crippen MR) is 67.0 cm³/mol. The zero-order valence-electron chi connectivity index (χ0n) is 9.27. The third kappa shape index (κ3) is 2.56. The molecule has 0 aliphatic carbocycles. The van der Waals surface area contributed by atoms with Crippen molar-refractivity contribution in [3.05, 3.63) is 35.0 Å². The fourth-order valence-electron chi connectivity index (χ4n) is 1.82. The van der Waals surface area contributed by atoms with Crippen molar-refractivity contribution in [3.8, 4) is 0 Å². The van der Waals surface area contributed by atoms with Crippen molar-refractivity contribution in [2.75, 3.05) is 6.54 Å². The molecule has 2 aromatic rings. The number of hydrogen-bond donors (Lipinski definition) is 5. The molecule has 96 valence electrons. The second-order valence-electron chi connectivity index (χ2n) is 3.80. The Morgan fingerprint density at radius 3 is 2.94 bits per heavy atom. The summed E-state index contributed by atoms with van der Waals surface area (Å²) in [6.45, 7) is 0.0469. The Morgan fingerprint density at radius 1 is 1.50 bits per heavy atom. The molecule has 1 heterocycles. The molecule has 18 heavy (non-hydrogen) atoms. The molecule has 1 aromatic heterocycles. The molecule has 0 bridgehead atoms. The van der Waals surface area contributed by atoms with Gasteiger partial charge in [-0.3, -0.25) is 0 Å². The first-order valence-corrected chi connectivity index (χ1v) is 5.62. The lowest BCUT2D eigenvalue weighted by Crippen LogP contribution is -2.32. The van der Waals surface area contributed by atoms with E-state index in [2.05, 4.69) is 15.8 Å². The fourth-order valence-corrected chi connectivity index (χ4v) is 1.99. The van der Waals surface area contributed by atoms with E-state index < -0.39 is 12.1 Å². The molecule has 1 atom stereocenters. The number of hydrogen-bond acceptors (Lipinski definition) is 3. The number of aromatic amines is 1. The number of halogens is 1. The van der Waals surface area contributed by atoms with Crippen molar-refractivity contribution < 1.29 is 15.1 Å². The number of fused-ring (bicyclic) bond motifs is 1. The number of benzene rings is 1. The minimum absolute atomic E-state index is 0.0469. The SMILES string of the molecule is O=C(O)NCC(NO)c1c[nH]c2ccc(Cl)cc12. The largest absolute Gasteiger partial charge is 0.465 e. The van der Waals surface area contributed by atoms with Gasteiger partial charge in [-0.25, -0.2) is 4.79 Å². The standard InChI is InChI=1S/C11H12ClN3O3/c12-6-1-2-9-7(3-6)8(4-13-9)10(15-18)5-14-11(16)17/h1-4,10,13-15,18H,5H2,(H,16,17). The van der Waals surface area contributed by atoms with Crippen LogP contribution in [0.15, 0.2) is 24.4 Å². The molecule has 0 aliphatic heterocycles. The van der Waals surface area contributed by atoms with Gasteiger partial charge in [-0.2, -0.15) is 5.48 Å². The van der Waals surface area contributed by atoms with Crippen molar-refractivity contribution >= 4 is 28.6 Å². The molecule has 5 N–H and O–H groups in total. The molecule has 0 saturated heterocycles. The van der Waals surface area contributed by atoms with Crippen LogP contribution in [0.5, 0.6) is 0 Å². The molecule has 6 nitrogen and oxygen atoms in total. The smallest absolute Gasteiger partial charge is 0.404 e. The maximum atomic E-state index is 10.5. The van der Waals surface area contributed by atoms with Crippen molar-refractivity contribution in [3.63, 3.8) is 0 Å². The van der Waals surface area contributed by atoms with Gasteiger partial charge in [-0.1, -0.05) is 11.6 Å². The first-order valence-electron chi connectivity index (χ1n) is 5.24. The average Bonchev–Trinajstić information content (AvgIpc) is 2.73. The third-order valence-corrected chi connectivity index (χ3v) is 2.90. The van der Waals surface area contributed by atoms with Gasteiger partial charge in [0.05, 0.1) is 6.04 Å². The summed E-state index contributed by atoms with van der Waals surface area (Å²) >= 11 is 5.92. The molecule has 0 saturated carbocycles. The van der Waals surface area contributed by atoms with E-state index in [1.54, 1.807) is 18.3 Å². The van der Waals surface area contributed by atoms with Gasteiger partial charge < -0.3 is 20.6 Å². The Kier molecular flexibility index (Phi) is 3.71. The highest BCUT2D eigenvalue weighted by molar-refractivity contribution is 6.31. The van der Waals surface area contributed by atoms with Crippen LogP contribution in [0, 0.1) is 0 Å². The molecule has 1 amide bonds. The van der Waals surface area contributed by atoms with E-state index in [1.165, 1.54) is 0 Å². The van der Waals surface area contributed by atoms with E-state index in [-0.39, 0.29) is 6.54 Å². The van der Waals surface area contributed by atoms with Crippen LogP contribution in [-0.2, 0) is 0 Å². The normalized spacial score (nSPS) is 12.6. The number of H-pyrrole nitrogens is 1. The lowest BCUT2D eigenvalue weighted by atomic mass is 10.1. The molecule has 0 radical (unpaired) electrons. The quantitative estimate of drug-likeness (QED) is 0.549. The molecule has 1 aromatic carbocycles. The number of aromatic nitrogens is 1. The summed E-state index contributed by atoms with van der Waals surface area (Å²) in [6, 6.07) is 4.78. The molecule has 0 spiro atoms. The van der Waals surface area contributed by atoms with Crippen LogP contribution in [0.3, 0.4) is 0 Å². The maximum absolute atomic E-state index is 10.5. The summed E-state index contributed by atoms with van der Waals surface area (Å²) in [7, 11) is 0. The molecule has 0 fully saturated rings. The van der Waals surface area contributed by atoms with E-state index in [1.807, 2.05) is 6.07 Å². The van der Waals surface area contributed by atoms with Crippen molar-refractivity contribution in [1.82, 2.24) is 15.8 Å². The Balaban J connectivity index is 2.32. The Bertz CT molecular complexity index is 570. The summed E-state index contributed by atoms with van der Waals surface area (Å²) in [5.74, 6) is 0. The van der Waals surface area contributed by atoms with E-state index in [0.29, 0.717) is 5.02 Å². The van der Waals surface area contributed by atoms with Crippen LogP contribution < -0.4 is 10.8 Å². The van der Waals surface area contributed by atoms with Gasteiger partial charge in [0.15, 0.2) is 0 Å². The number of carboxylic acid groups (broad SMARTS) is 1. The minimum atomic E-state index is -1.15. The Morgan fingerprint density at radius 2 is 2.28 bits per heavy atom. The van der Waals surface area contributed by atoms with Gasteiger partial charge >= 0.3 is 6.09 Å². The Hall–Kier alpha value is -1.76. The third-order valence-electron chi connectivity index (χ3n) is 2.66. The van der Waals surface area contributed by atoms with Gasteiger partial charge in [0.25, 0.3) is 0 Å². The van der Waals surface area contributed by atoms with Crippen LogP contribution in [0.4, 0.5) is 4.79 Å². The highest BCUT2D eigenvalue weighted by Crippen LogP contribution is 2.26. The van der Waals surface area contributed by atoms with Gasteiger partial charge in [0, 0.05) is 28.7 Å². The molecular weight excluding hydrogens is 258 g/mol. The van der Waals surface area contributed by atoms with Gasteiger partial charge in [-0.15, -0.1) is 0 Å². The van der Waals surface area contributed by atoms with Crippen LogP contribution in [0.1, 0.15) is 11.6 Å². The second-order valence-corrected chi connectivity index (χ2v) is 4.24. The second kappa shape index (κ2) is 5.26. The van der Waals surface area contributed by atoms with E-state index >= 15 is 0 Å². The molecular formula is C11H12ClN3O3. The van der Waals surface area contributed by atoms with Gasteiger partial charge in [-0.05, 0) is 23.8 Å². The molecule has 2 rings (SSSR count). The monoisotopic (exact) mass is 269 g/mol. The van der Waals surface area contributed by atoms with E-state index in [9.17, 15) is 4.79 Å². The number of hydroxylamine groups is 1. The Labute approximate surface area is 108 Å². The summed E-state index contributed by atoms with van der Waals surface area (Å²) < 4.78 is 0. The highest BCUT2D eigenvalue weighted by atomic mass is 35.5. The van der Waals surface area contributed by atoms with Crippen molar-refractivity contribution in [2.45, 2.75) is 6.04 Å². The van der Waals surface area contributed by atoms with Crippen LogP contribution in [0.25, 0.3) is 10.9 Å². The summed E-state index contributed by atoms with van der Waals surface area (Å²) in [5, 5.41) is 21.3. The average molecular weight is 270 g/mol. The number of amides is 1. The maximum Gasteiger partial charge on any atom is 0.404 e. The topological polar surface area (TPSA) is 97.4 Å². The van der Waals surface area contributed by atoms with E-state index in [4.69, 9.17) is 21.9 Å². The van der Waals surface area contributed by atoms with Gasteiger partial charge in [0.1, 0.15) is 0 Å². The number of carbonyl (C=O) groups is 1. The summed E-state index contributed by atoms with van der Waals surface area (Å²) in [6.07, 6.45) is 0.562. The van der Waals surface area contributed by atoms with Crippen LogP contribution in [0.2, 0.25) is 5.02 Å². The fraction of sp³-hybridized carbons (Fsp3) is 0.182. The number of nitrogens with one attached hydrogen (secondary N) is 3. The highest BCUT2D eigenvalue weighted by Gasteiger charge is 2.16. The van der Waals surface area contributed by atoms with Crippen LogP contribution in [-0.4, -0.2) is 27.9 Å². The van der Waals surface area contributed by atoms with Crippen molar-refractivity contribution in [2.24, 2.45) is 0 Å². The summed E-state index contributed by atoms with van der Waals surface area (Å²) in [5.41, 5.74) is 3.69. The zero-order valence-corrected chi connectivity index (χ0v) is 10.0. The molecule has 7 heteroatoms. The first kappa shape index (κ1) is 12.7. The molecule has 1 unspecified atom stereocenters. The van der Waals surface area contributed by atoms with Gasteiger partial charge in [0.2, 0.25) is 0 Å².